The summed E-state index contributed by atoms with van der Waals surface area (Å²) >= 11 is 0. The van der Waals surface area contributed by atoms with E-state index >= 15 is 0 Å². The summed E-state index contributed by atoms with van der Waals surface area (Å²) in [5, 5.41) is 12.3. The molecule has 0 spiro atoms. The Labute approximate surface area is 93.3 Å². The summed E-state index contributed by atoms with van der Waals surface area (Å²) in [6.45, 7) is 9.83. The van der Waals surface area contributed by atoms with Crippen molar-refractivity contribution in [1.29, 1.82) is 0 Å². The van der Waals surface area contributed by atoms with Crippen LogP contribution in [-0.4, -0.2) is 23.2 Å². The Kier molecular flexibility index (Phi) is 5.29. The number of hydrogen-bond acceptors (Lipinski definition) is 2. The summed E-state index contributed by atoms with van der Waals surface area (Å²) in [6, 6.07) is 0. The Bertz CT molecular complexity index is 199. The van der Waals surface area contributed by atoms with Crippen molar-refractivity contribution in [3.8, 4) is 0 Å². The maximum absolute atomic E-state index is 12.0. The third-order valence-corrected chi connectivity index (χ3v) is 3.53. The van der Waals surface area contributed by atoms with Crippen molar-refractivity contribution < 1.29 is 9.90 Å². The molecule has 0 unspecified atom stereocenters. The van der Waals surface area contributed by atoms with E-state index in [0.29, 0.717) is 0 Å². The van der Waals surface area contributed by atoms with Crippen LogP contribution in [-0.2, 0) is 4.79 Å². The van der Waals surface area contributed by atoms with E-state index in [4.69, 9.17) is 0 Å². The van der Waals surface area contributed by atoms with Gasteiger partial charge in [0.15, 0.2) is 0 Å². The van der Waals surface area contributed by atoms with E-state index in [1.165, 1.54) is 0 Å². The fourth-order valence-electron chi connectivity index (χ4n) is 1.26. The second-order valence-corrected chi connectivity index (χ2v) is 4.84. The first-order chi connectivity index (χ1) is 6.87. The smallest absolute Gasteiger partial charge is 0.226 e. The van der Waals surface area contributed by atoms with E-state index in [-0.39, 0.29) is 17.9 Å². The number of aliphatic hydroxyl groups excluding tert-OH is 1. The van der Waals surface area contributed by atoms with Gasteiger partial charge < -0.3 is 10.4 Å². The lowest BCUT2D eigenvalue weighted by Crippen LogP contribution is -2.54. The molecule has 0 atom stereocenters. The zero-order valence-corrected chi connectivity index (χ0v) is 10.7. The molecule has 15 heavy (non-hydrogen) atoms. The monoisotopic (exact) mass is 215 g/mol. The number of nitrogens with one attached hydrogen (secondary N) is 1. The minimum atomic E-state index is -0.441. The standard InChI is InChI=1S/C12H25NO2/c1-6-11(4,5)10(15)13-12(7-2,8-3)9-14/h14H,6-9H2,1-5H3,(H,13,15). The molecule has 0 saturated heterocycles. The van der Waals surface area contributed by atoms with Crippen LogP contribution in [0.3, 0.4) is 0 Å². The molecule has 0 aliphatic carbocycles. The third-order valence-electron chi connectivity index (χ3n) is 3.53. The van der Waals surface area contributed by atoms with Crippen LogP contribution in [0.5, 0.6) is 0 Å². The zero-order valence-electron chi connectivity index (χ0n) is 10.7. The van der Waals surface area contributed by atoms with Crippen LogP contribution >= 0.6 is 0 Å². The molecule has 2 N–H and O–H groups in total. The molecule has 0 aromatic rings. The van der Waals surface area contributed by atoms with Crippen LogP contribution in [0.15, 0.2) is 0 Å². The molecule has 0 bridgehead atoms. The molecule has 0 aliphatic rings. The summed E-state index contributed by atoms with van der Waals surface area (Å²) in [6.07, 6.45) is 2.31. The van der Waals surface area contributed by atoms with Gasteiger partial charge in [-0.25, -0.2) is 0 Å². The van der Waals surface area contributed by atoms with E-state index in [1.54, 1.807) is 0 Å². The number of hydrogen-bond donors (Lipinski definition) is 2. The molecule has 0 fully saturated rings. The molecule has 0 aromatic carbocycles. The summed E-state index contributed by atoms with van der Waals surface area (Å²) in [4.78, 5) is 12.0. The topological polar surface area (TPSA) is 49.3 Å². The van der Waals surface area contributed by atoms with E-state index in [0.717, 1.165) is 19.3 Å². The Morgan fingerprint density at radius 2 is 1.60 bits per heavy atom. The van der Waals surface area contributed by atoms with Gasteiger partial charge in [0.05, 0.1) is 12.1 Å². The van der Waals surface area contributed by atoms with Crippen molar-refractivity contribution in [3.05, 3.63) is 0 Å². The molecule has 0 radical (unpaired) electrons. The van der Waals surface area contributed by atoms with Gasteiger partial charge in [0.2, 0.25) is 5.91 Å². The predicted octanol–water partition coefficient (Wildman–Crippen LogP) is 2.09. The first-order valence-corrected chi connectivity index (χ1v) is 5.81. The summed E-state index contributed by atoms with van der Waals surface area (Å²) in [5.74, 6) is 0.0303. The average molecular weight is 215 g/mol. The number of carbonyl (C=O) groups is 1. The summed E-state index contributed by atoms with van der Waals surface area (Å²) in [5.41, 5.74) is -0.797. The van der Waals surface area contributed by atoms with Gasteiger partial charge >= 0.3 is 0 Å². The lowest BCUT2D eigenvalue weighted by Gasteiger charge is -2.34. The lowest BCUT2D eigenvalue weighted by atomic mass is 9.86. The van der Waals surface area contributed by atoms with E-state index in [2.05, 4.69) is 5.32 Å². The van der Waals surface area contributed by atoms with Crippen molar-refractivity contribution in [3.63, 3.8) is 0 Å². The third kappa shape index (κ3) is 3.49. The van der Waals surface area contributed by atoms with E-state index in [9.17, 15) is 9.90 Å². The van der Waals surface area contributed by atoms with Crippen LogP contribution in [0, 0.1) is 5.41 Å². The molecule has 3 heteroatoms. The van der Waals surface area contributed by atoms with Crippen molar-refractivity contribution in [2.75, 3.05) is 6.61 Å². The number of carbonyl (C=O) groups excluding carboxylic acids is 1. The van der Waals surface area contributed by atoms with Crippen LogP contribution in [0.4, 0.5) is 0 Å². The summed E-state index contributed by atoms with van der Waals surface area (Å²) in [7, 11) is 0. The minimum absolute atomic E-state index is 0.00549. The molecule has 3 nitrogen and oxygen atoms in total. The second-order valence-electron chi connectivity index (χ2n) is 4.84. The van der Waals surface area contributed by atoms with E-state index < -0.39 is 5.54 Å². The van der Waals surface area contributed by atoms with E-state index in [1.807, 2.05) is 34.6 Å². The molecule has 0 rings (SSSR count). The van der Waals surface area contributed by atoms with Gasteiger partial charge in [-0.15, -0.1) is 0 Å². The number of rotatable bonds is 6. The highest BCUT2D eigenvalue weighted by Gasteiger charge is 2.33. The van der Waals surface area contributed by atoms with Gasteiger partial charge in [-0.3, -0.25) is 4.79 Å². The van der Waals surface area contributed by atoms with Crippen LogP contribution in [0.1, 0.15) is 53.9 Å². The molecule has 0 aliphatic heterocycles. The van der Waals surface area contributed by atoms with Gasteiger partial charge in [-0.1, -0.05) is 34.6 Å². The Hall–Kier alpha value is -0.570. The predicted molar refractivity (Wildman–Crippen MR) is 62.6 cm³/mol. The van der Waals surface area contributed by atoms with Gasteiger partial charge in [-0.2, -0.15) is 0 Å². The average Bonchev–Trinajstić information content (AvgIpc) is 2.25. The van der Waals surface area contributed by atoms with Crippen LogP contribution in [0.2, 0.25) is 0 Å². The Morgan fingerprint density at radius 1 is 1.13 bits per heavy atom. The first kappa shape index (κ1) is 14.4. The van der Waals surface area contributed by atoms with Gasteiger partial charge in [-0.05, 0) is 19.3 Å². The maximum atomic E-state index is 12.0. The van der Waals surface area contributed by atoms with Crippen molar-refractivity contribution >= 4 is 5.91 Å². The molecular formula is C12H25NO2. The molecule has 0 aromatic heterocycles. The van der Waals surface area contributed by atoms with Gasteiger partial charge in [0.25, 0.3) is 0 Å². The van der Waals surface area contributed by atoms with Gasteiger partial charge in [0, 0.05) is 5.41 Å². The van der Waals surface area contributed by atoms with Crippen LogP contribution in [0.25, 0.3) is 0 Å². The minimum Gasteiger partial charge on any atom is -0.394 e. The van der Waals surface area contributed by atoms with Crippen molar-refractivity contribution in [2.24, 2.45) is 5.41 Å². The zero-order chi connectivity index (χ0) is 12.1. The number of aliphatic hydroxyl groups is 1. The Balaban J connectivity index is 4.62. The molecule has 90 valence electrons. The SMILES string of the molecule is CCC(CC)(CO)NC(=O)C(C)(C)CC. The van der Waals surface area contributed by atoms with Crippen molar-refractivity contribution in [2.45, 2.75) is 59.4 Å². The molecule has 0 saturated carbocycles. The van der Waals surface area contributed by atoms with Gasteiger partial charge in [0.1, 0.15) is 0 Å². The highest BCUT2D eigenvalue weighted by atomic mass is 16.3. The normalized spacial score (nSPS) is 12.7. The quantitative estimate of drug-likeness (QED) is 0.713. The first-order valence-electron chi connectivity index (χ1n) is 5.81. The molecule has 1 amide bonds. The van der Waals surface area contributed by atoms with Crippen LogP contribution < -0.4 is 5.32 Å². The molecular weight excluding hydrogens is 190 g/mol. The largest absolute Gasteiger partial charge is 0.394 e. The second kappa shape index (κ2) is 5.50. The highest BCUT2D eigenvalue weighted by molar-refractivity contribution is 5.82. The maximum Gasteiger partial charge on any atom is 0.226 e. The van der Waals surface area contributed by atoms with Crippen molar-refractivity contribution in [1.82, 2.24) is 5.32 Å². The highest BCUT2D eigenvalue weighted by Crippen LogP contribution is 2.23. The summed E-state index contributed by atoms with van der Waals surface area (Å²) < 4.78 is 0. The molecule has 0 heterocycles. The number of amides is 1. The fraction of sp³-hybridized carbons (Fsp3) is 0.917. The Morgan fingerprint density at radius 3 is 1.87 bits per heavy atom. The lowest BCUT2D eigenvalue weighted by molar-refractivity contribution is -0.132. The fourth-order valence-corrected chi connectivity index (χ4v) is 1.26.